The third-order valence-electron chi connectivity index (χ3n) is 4.12. The van der Waals surface area contributed by atoms with Crippen LogP contribution >= 0.6 is 23.5 Å². The first-order chi connectivity index (χ1) is 9.81. The van der Waals surface area contributed by atoms with E-state index in [0.717, 1.165) is 17.8 Å². The van der Waals surface area contributed by atoms with Crippen molar-refractivity contribution in [2.24, 2.45) is 0 Å². The lowest BCUT2D eigenvalue weighted by Gasteiger charge is -2.26. The monoisotopic (exact) mass is 304 g/mol. The topological polar surface area (TPSA) is 36.1 Å². The number of fused-ring (bicyclic) bond motifs is 3. The molecule has 1 N–H and O–H groups in total. The molecule has 20 heavy (non-hydrogen) atoms. The highest BCUT2D eigenvalue weighted by Crippen LogP contribution is 2.38. The number of para-hydroxylation sites is 1. The Bertz CT molecular complexity index is 654. The van der Waals surface area contributed by atoms with Crippen molar-refractivity contribution in [2.45, 2.75) is 22.6 Å². The highest BCUT2D eigenvalue weighted by Gasteiger charge is 2.40. The number of carbonyl (C=O) groups is 1. The molecule has 0 aliphatic carbocycles. The van der Waals surface area contributed by atoms with Gasteiger partial charge >= 0.3 is 0 Å². The largest absolute Gasteiger partial charge is 0.360 e. The van der Waals surface area contributed by atoms with E-state index in [0.29, 0.717) is 23.0 Å². The molecule has 2 aliphatic heterocycles. The van der Waals surface area contributed by atoms with E-state index in [1.165, 1.54) is 16.7 Å². The van der Waals surface area contributed by atoms with Crippen molar-refractivity contribution >= 4 is 40.3 Å². The van der Waals surface area contributed by atoms with Gasteiger partial charge in [0.25, 0.3) is 0 Å². The zero-order valence-corrected chi connectivity index (χ0v) is 12.7. The summed E-state index contributed by atoms with van der Waals surface area (Å²) >= 11 is 3.67. The van der Waals surface area contributed by atoms with Gasteiger partial charge in [-0.05, 0) is 12.5 Å². The Morgan fingerprint density at radius 1 is 1.45 bits per heavy atom. The van der Waals surface area contributed by atoms with E-state index in [9.17, 15) is 4.79 Å². The summed E-state index contributed by atoms with van der Waals surface area (Å²) < 4.78 is 0. The molecule has 2 bridgehead atoms. The number of rotatable bonds is 3. The molecule has 1 aromatic heterocycles. The van der Waals surface area contributed by atoms with Crippen molar-refractivity contribution in [1.82, 2.24) is 9.88 Å². The van der Waals surface area contributed by atoms with Crippen molar-refractivity contribution in [3.8, 4) is 0 Å². The molecule has 104 valence electrons. The number of aromatic nitrogens is 1. The number of thioether (sulfide) groups is 2. The van der Waals surface area contributed by atoms with Crippen LogP contribution in [0.2, 0.25) is 0 Å². The Labute approximate surface area is 126 Å². The van der Waals surface area contributed by atoms with E-state index < -0.39 is 0 Å². The van der Waals surface area contributed by atoms with Crippen LogP contribution in [0, 0.1) is 0 Å². The second-order valence-corrected chi connectivity index (χ2v) is 7.73. The first-order valence-electron chi connectivity index (χ1n) is 6.91. The van der Waals surface area contributed by atoms with Crippen LogP contribution in [0.3, 0.4) is 0 Å². The number of nitrogens with one attached hydrogen (secondary N) is 1. The molecule has 2 aliphatic rings. The van der Waals surface area contributed by atoms with E-state index in [-0.39, 0.29) is 0 Å². The van der Waals surface area contributed by atoms with Crippen LogP contribution in [0.25, 0.3) is 10.9 Å². The van der Waals surface area contributed by atoms with Gasteiger partial charge in [-0.25, -0.2) is 0 Å². The molecule has 5 heteroatoms. The maximum absolute atomic E-state index is 12.4. The summed E-state index contributed by atoms with van der Waals surface area (Å²) in [5.74, 6) is 1.98. The minimum atomic E-state index is 0.299. The van der Waals surface area contributed by atoms with Gasteiger partial charge in [-0.15, -0.1) is 11.8 Å². The maximum atomic E-state index is 12.4. The minimum absolute atomic E-state index is 0.299. The molecule has 2 aromatic rings. The summed E-state index contributed by atoms with van der Waals surface area (Å²) in [4.78, 5) is 18.9. The number of nitrogens with zero attached hydrogens (tertiary/aromatic N) is 1. The summed E-state index contributed by atoms with van der Waals surface area (Å²) in [5, 5.41) is 1.91. The summed E-state index contributed by atoms with van der Waals surface area (Å²) in [6.07, 6.45) is 3.21. The Kier molecular flexibility index (Phi) is 3.19. The fourth-order valence-electron chi connectivity index (χ4n) is 3.09. The van der Waals surface area contributed by atoms with Crippen LogP contribution in [-0.2, 0) is 4.79 Å². The fraction of sp³-hybridized carbons (Fsp3) is 0.400. The summed E-state index contributed by atoms with van der Waals surface area (Å²) in [6, 6.07) is 8.74. The van der Waals surface area contributed by atoms with Gasteiger partial charge in [-0.2, -0.15) is 11.8 Å². The van der Waals surface area contributed by atoms with Crippen LogP contribution < -0.4 is 0 Å². The average molecular weight is 304 g/mol. The van der Waals surface area contributed by atoms with E-state index in [1.54, 1.807) is 11.8 Å². The normalized spacial score (nSPS) is 24.7. The zero-order chi connectivity index (χ0) is 13.5. The number of hydrogen-bond donors (Lipinski definition) is 1. The van der Waals surface area contributed by atoms with Crippen molar-refractivity contribution in [2.75, 3.05) is 18.1 Å². The first kappa shape index (κ1) is 12.7. The maximum Gasteiger partial charge on any atom is 0.233 e. The molecule has 2 unspecified atom stereocenters. The summed E-state index contributed by atoms with van der Waals surface area (Å²) in [6.45, 7) is 0.961. The third kappa shape index (κ3) is 2.13. The smallest absolute Gasteiger partial charge is 0.233 e. The van der Waals surface area contributed by atoms with Gasteiger partial charge in [0.1, 0.15) is 0 Å². The molecule has 1 aromatic carbocycles. The van der Waals surface area contributed by atoms with Crippen molar-refractivity contribution in [3.63, 3.8) is 0 Å². The Hall–Kier alpha value is -1.07. The molecule has 0 radical (unpaired) electrons. The second-order valence-electron chi connectivity index (χ2n) is 5.38. The highest BCUT2D eigenvalue weighted by molar-refractivity contribution is 8.00. The van der Waals surface area contributed by atoms with Crippen LogP contribution in [0.15, 0.2) is 35.4 Å². The Morgan fingerprint density at radius 2 is 2.35 bits per heavy atom. The van der Waals surface area contributed by atoms with E-state index in [2.05, 4.69) is 22.0 Å². The van der Waals surface area contributed by atoms with Crippen LogP contribution in [-0.4, -0.2) is 45.1 Å². The Balaban J connectivity index is 1.44. The van der Waals surface area contributed by atoms with Crippen molar-refractivity contribution < 1.29 is 4.79 Å². The molecule has 0 spiro atoms. The molecule has 0 saturated carbocycles. The molecule has 2 atom stereocenters. The molecule has 1 amide bonds. The molecular formula is C15H16N2OS2. The van der Waals surface area contributed by atoms with Gasteiger partial charge in [0.05, 0.1) is 5.75 Å². The zero-order valence-electron chi connectivity index (χ0n) is 11.0. The number of likely N-dealkylation sites (tertiary alicyclic amines) is 1. The predicted molar refractivity (Wildman–Crippen MR) is 85.4 cm³/mol. The van der Waals surface area contributed by atoms with Gasteiger partial charge < -0.3 is 9.88 Å². The van der Waals surface area contributed by atoms with Gasteiger partial charge in [0.2, 0.25) is 5.91 Å². The number of benzene rings is 1. The number of carbonyl (C=O) groups excluding carboxylic acids is 1. The molecular weight excluding hydrogens is 288 g/mol. The van der Waals surface area contributed by atoms with E-state index >= 15 is 0 Å². The van der Waals surface area contributed by atoms with Crippen molar-refractivity contribution in [1.29, 1.82) is 0 Å². The molecule has 3 nitrogen and oxygen atoms in total. The molecule has 4 rings (SSSR count). The fourth-order valence-corrected chi connectivity index (χ4v) is 5.45. The molecule has 2 fully saturated rings. The molecule has 3 heterocycles. The second kappa shape index (κ2) is 5.04. The van der Waals surface area contributed by atoms with E-state index in [4.69, 9.17) is 0 Å². The lowest BCUT2D eigenvalue weighted by Crippen LogP contribution is -2.40. The SMILES string of the molecule is O=C(CSc1c[nH]c2ccccc12)N1CC2CC1CS2. The lowest BCUT2D eigenvalue weighted by atomic mass is 10.2. The first-order valence-corrected chi connectivity index (χ1v) is 8.94. The van der Waals surface area contributed by atoms with Gasteiger partial charge in [-0.1, -0.05) is 18.2 Å². The van der Waals surface area contributed by atoms with Crippen LogP contribution in [0.5, 0.6) is 0 Å². The Morgan fingerprint density at radius 3 is 3.15 bits per heavy atom. The molecule has 2 saturated heterocycles. The standard InChI is InChI=1S/C15H16N2OS2/c18-15(17-7-11-5-10(17)8-19-11)9-20-14-6-16-13-4-2-1-3-12(13)14/h1-4,6,10-11,16H,5,7-9H2. The highest BCUT2D eigenvalue weighted by atomic mass is 32.2. The number of hydrogen-bond acceptors (Lipinski definition) is 3. The average Bonchev–Trinajstić information content (AvgIpc) is 3.19. The third-order valence-corrected chi connectivity index (χ3v) is 6.55. The van der Waals surface area contributed by atoms with Gasteiger partial charge in [-0.3, -0.25) is 4.79 Å². The van der Waals surface area contributed by atoms with E-state index in [1.807, 2.05) is 30.1 Å². The van der Waals surface area contributed by atoms with Gasteiger partial charge in [0, 0.05) is 45.6 Å². The van der Waals surface area contributed by atoms with Gasteiger partial charge in [0.15, 0.2) is 0 Å². The summed E-state index contributed by atoms with van der Waals surface area (Å²) in [5.41, 5.74) is 1.14. The number of aromatic amines is 1. The number of H-pyrrole nitrogens is 1. The number of amides is 1. The minimum Gasteiger partial charge on any atom is -0.360 e. The summed E-state index contributed by atoms with van der Waals surface area (Å²) in [7, 11) is 0. The van der Waals surface area contributed by atoms with Crippen LogP contribution in [0.4, 0.5) is 0 Å². The lowest BCUT2D eigenvalue weighted by molar-refractivity contribution is -0.128. The van der Waals surface area contributed by atoms with Crippen molar-refractivity contribution in [3.05, 3.63) is 30.5 Å². The van der Waals surface area contributed by atoms with Crippen LogP contribution in [0.1, 0.15) is 6.42 Å². The predicted octanol–water partition coefficient (Wildman–Crippen LogP) is 2.98. The quantitative estimate of drug-likeness (QED) is 0.886.